The zero-order valence-corrected chi connectivity index (χ0v) is 21.4. The van der Waals surface area contributed by atoms with Crippen LogP contribution in [0.25, 0.3) is 17.2 Å². The molecule has 9 heteroatoms. The summed E-state index contributed by atoms with van der Waals surface area (Å²) in [5.41, 5.74) is 2.84. The number of amides is 1. The Hall–Kier alpha value is -2.84. The van der Waals surface area contributed by atoms with Crippen LogP contribution in [0.1, 0.15) is 22.3 Å². The summed E-state index contributed by atoms with van der Waals surface area (Å²) >= 11 is 19.1. The van der Waals surface area contributed by atoms with Gasteiger partial charge in [0.05, 0.1) is 17.1 Å². The van der Waals surface area contributed by atoms with Gasteiger partial charge in [-0.1, -0.05) is 71.4 Å². The highest BCUT2D eigenvalue weighted by Gasteiger charge is 2.31. The minimum atomic E-state index is -0.987. The van der Waals surface area contributed by atoms with E-state index < -0.39 is 5.97 Å². The van der Waals surface area contributed by atoms with Gasteiger partial charge in [0.15, 0.2) is 0 Å². The Labute approximate surface area is 222 Å². The Bertz CT molecular complexity index is 1330. The van der Waals surface area contributed by atoms with Gasteiger partial charge in [-0.25, -0.2) is 4.79 Å². The minimum Gasteiger partial charge on any atom is -0.494 e. The van der Waals surface area contributed by atoms with E-state index in [-0.39, 0.29) is 11.5 Å². The molecule has 0 atom stereocenters. The number of nitrogens with zero attached hydrogens (tertiary/aromatic N) is 1. The van der Waals surface area contributed by atoms with E-state index in [9.17, 15) is 9.59 Å². The number of rotatable bonds is 8. The normalized spacial score (nSPS) is 14.6. The number of carbonyl (C=O) groups excluding carboxylic acids is 1. The average Bonchev–Trinajstić information content (AvgIpc) is 3.09. The van der Waals surface area contributed by atoms with E-state index in [0.717, 1.165) is 16.7 Å². The lowest BCUT2D eigenvalue weighted by molar-refractivity contribution is -0.122. The second kappa shape index (κ2) is 11.3. The quantitative estimate of drug-likeness (QED) is 0.187. The molecule has 1 amide bonds. The second-order valence-electron chi connectivity index (χ2n) is 7.61. The molecule has 1 N–H and O–H groups in total. The lowest BCUT2D eigenvalue weighted by Gasteiger charge is -2.14. The average molecular weight is 544 g/mol. The number of carboxylic acid groups (broad SMARTS) is 1. The van der Waals surface area contributed by atoms with Crippen LogP contribution < -0.4 is 4.74 Å². The molecule has 1 heterocycles. The van der Waals surface area contributed by atoms with E-state index >= 15 is 0 Å². The number of carboxylic acids is 1. The third kappa shape index (κ3) is 6.24. The van der Waals surface area contributed by atoms with Crippen molar-refractivity contribution in [3.05, 3.63) is 92.8 Å². The first-order valence-corrected chi connectivity index (χ1v) is 12.6. The maximum absolute atomic E-state index is 12.9. The van der Waals surface area contributed by atoms with E-state index in [1.807, 2.05) is 36.4 Å². The molecule has 178 valence electrons. The summed E-state index contributed by atoms with van der Waals surface area (Å²) in [6, 6.07) is 19.3. The molecular weight excluding hydrogens is 525 g/mol. The van der Waals surface area contributed by atoms with Crippen molar-refractivity contribution in [1.82, 2.24) is 4.90 Å². The highest BCUT2D eigenvalue weighted by atomic mass is 35.5. The van der Waals surface area contributed by atoms with Gasteiger partial charge in [0, 0.05) is 22.2 Å². The molecule has 0 aromatic heterocycles. The predicted octanol–water partition coefficient (Wildman–Crippen LogP) is 7.03. The van der Waals surface area contributed by atoms with E-state index in [2.05, 4.69) is 0 Å². The Morgan fingerprint density at radius 2 is 1.86 bits per heavy atom. The van der Waals surface area contributed by atoms with Crippen molar-refractivity contribution in [2.24, 2.45) is 0 Å². The number of thioether (sulfide) groups is 1. The largest absolute Gasteiger partial charge is 0.494 e. The first kappa shape index (κ1) is 25.3. The van der Waals surface area contributed by atoms with Gasteiger partial charge in [-0.05, 0) is 66.1 Å². The van der Waals surface area contributed by atoms with Gasteiger partial charge >= 0.3 is 5.97 Å². The molecule has 1 saturated heterocycles. The fraction of sp³-hybridized carbons (Fsp3) is 0.115. The van der Waals surface area contributed by atoms with Crippen LogP contribution in [0.2, 0.25) is 10.0 Å². The maximum atomic E-state index is 12.9. The summed E-state index contributed by atoms with van der Waals surface area (Å²) in [6.07, 6.45) is 2.40. The third-order valence-corrected chi connectivity index (χ3v) is 7.12. The number of hydrogen-bond acceptors (Lipinski definition) is 5. The topological polar surface area (TPSA) is 66.8 Å². The summed E-state index contributed by atoms with van der Waals surface area (Å²) in [5.74, 6) is -0.554. The standard InChI is InChI=1S/C26H19Cl2NO4S2/c27-19-7-10-21(22(28)15-19)18-4-1-3-16(13-18)14-23-24(30)29(26(34)35-23)11-2-12-33-20-8-5-17(6-9-20)25(31)32/h1,3-10,13-15H,2,11-12H2,(H,31,32). The van der Waals surface area contributed by atoms with Crippen LogP contribution in [0.4, 0.5) is 0 Å². The molecule has 1 aliphatic rings. The van der Waals surface area contributed by atoms with Gasteiger partial charge in [-0.3, -0.25) is 9.69 Å². The molecule has 1 fully saturated rings. The fourth-order valence-corrected chi connectivity index (χ4v) is 5.30. The van der Waals surface area contributed by atoms with E-state index in [1.165, 1.54) is 23.9 Å². The summed E-state index contributed by atoms with van der Waals surface area (Å²) < 4.78 is 6.15. The molecule has 0 bridgehead atoms. The smallest absolute Gasteiger partial charge is 0.335 e. The van der Waals surface area contributed by atoms with Crippen molar-refractivity contribution >= 4 is 69.5 Å². The molecule has 0 spiro atoms. The van der Waals surface area contributed by atoms with E-state index in [0.29, 0.717) is 44.6 Å². The number of thiocarbonyl (C=S) groups is 1. The highest BCUT2D eigenvalue weighted by molar-refractivity contribution is 8.26. The molecular formula is C26H19Cl2NO4S2. The zero-order valence-electron chi connectivity index (χ0n) is 18.2. The van der Waals surface area contributed by atoms with Gasteiger partial charge in [-0.2, -0.15) is 0 Å². The molecule has 0 saturated carbocycles. The molecule has 3 aromatic carbocycles. The number of aromatic carboxylic acids is 1. The number of carbonyl (C=O) groups is 2. The van der Waals surface area contributed by atoms with Crippen LogP contribution in [-0.4, -0.2) is 39.4 Å². The second-order valence-corrected chi connectivity index (χ2v) is 10.1. The highest BCUT2D eigenvalue weighted by Crippen LogP contribution is 2.34. The van der Waals surface area contributed by atoms with Crippen molar-refractivity contribution in [3.8, 4) is 16.9 Å². The Morgan fingerprint density at radius 1 is 1.09 bits per heavy atom. The lowest BCUT2D eigenvalue weighted by Crippen LogP contribution is -2.29. The molecule has 4 rings (SSSR count). The molecule has 0 unspecified atom stereocenters. The summed E-state index contributed by atoms with van der Waals surface area (Å²) in [6.45, 7) is 0.794. The first-order chi connectivity index (χ1) is 16.8. The Kier molecular flexibility index (Phi) is 8.13. The molecule has 35 heavy (non-hydrogen) atoms. The van der Waals surface area contributed by atoms with Gasteiger partial charge in [0.2, 0.25) is 0 Å². The predicted molar refractivity (Wildman–Crippen MR) is 145 cm³/mol. The summed E-state index contributed by atoms with van der Waals surface area (Å²) in [5, 5.41) is 10.1. The van der Waals surface area contributed by atoms with Crippen molar-refractivity contribution in [2.45, 2.75) is 6.42 Å². The fourth-order valence-electron chi connectivity index (χ4n) is 3.47. The van der Waals surface area contributed by atoms with E-state index in [1.54, 1.807) is 29.2 Å². The SMILES string of the molecule is O=C(O)c1ccc(OCCCN2C(=O)C(=Cc3cccc(-c4ccc(Cl)cc4Cl)c3)SC2=S)cc1. The van der Waals surface area contributed by atoms with Crippen molar-refractivity contribution in [1.29, 1.82) is 0 Å². The number of benzene rings is 3. The lowest BCUT2D eigenvalue weighted by atomic mass is 10.0. The monoisotopic (exact) mass is 543 g/mol. The van der Waals surface area contributed by atoms with Crippen LogP contribution >= 0.6 is 47.2 Å². The van der Waals surface area contributed by atoms with E-state index in [4.69, 9.17) is 45.3 Å². The zero-order chi connectivity index (χ0) is 24.9. The first-order valence-electron chi connectivity index (χ1n) is 10.6. The van der Waals surface area contributed by atoms with Gasteiger partial charge < -0.3 is 9.84 Å². The molecule has 5 nitrogen and oxygen atoms in total. The molecule has 0 radical (unpaired) electrons. The van der Waals surface area contributed by atoms with Gasteiger partial charge in [0.1, 0.15) is 10.1 Å². The Morgan fingerprint density at radius 3 is 2.57 bits per heavy atom. The Balaban J connectivity index is 1.37. The molecule has 0 aliphatic carbocycles. The van der Waals surface area contributed by atoms with Gasteiger partial charge in [0.25, 0.3) is 5.91 Å². The van der Waals surface area contributed by atoms with Crippen molar-refractivity contribution in [2.75, 3.05) is 13.2 Å². The number of halogens is 2. The molecule has 3 aromatic rings. The third-order valence-electron chi connectivity index (χ3n) is 5.20. The summed E-state index contributed by atoms with van der Waals surface area (Å²) in [7, 11) is 0. The van der Waals surface area contributed by atoms with Crippen LogP contribution in [0.3, 0.4) is 0 Å². The number of ether oxygens (including phenoxy) is 1. The molecule has 1 aliphatic heterocycles. The van der Waals surface area contributed by atoms with Gasteiger partial charge in [-0.15, -0.1) is 0 Å². The summed E-state index contributed by atoms with van der Waals surface area (Å²) in [4.78, 5) is 26.0. The van der Waals surface area contributed by atoms with Crippen molar-refractivity contribution < 1.29 is 19.4 Å². The van der Waals surface area contributed by atoms with Crippen LogP contribution in [0.5, 0.6) is 5.75 Å². The maximum Gasteiger partial charge on any atom is 0.335 e. The van der Waals surface area contributed by atoms with Crippen molar-refractivity contribution in [3.63, 3.8) is 0 Å². The van der Waals surface area contributed by atoms with Crippen LogP contribution in [0, 0.1) is 0 Å². The van der Waals surface area contributed by atoms with Crippen LogP contribution in [0.15, 0.2) is 71.6 Å². The number of hydrogen-bond donors (Lipinski definition) is 1. The minimum absolute atomic E-state index is 0.138. The van der Waals surface area contributed by atoms with Crippen LogP contribution in [-0.2, 0) is 4.79 Å².